The van der Waals surface area contributed by atoms with Crippen LogP contribution in [0.2, 0.25) is 0 Å². The van der Waals surface area contributed by atoms with Crippen LogP contribution in [-0.2, 0) is 29.1 Å². The molecule has 2 N–H and O–H groups in total. The fourth-order valence-electron chi connectivity index (χ4n) is 4.57. The van der Waals surface area contributed by atoms with Crippen LogP contribution in [0.5, 0.6) is 0 Å². The summed E-state index contributed by atoms with van der Waals surface area (Å²) in [5.41, 5.74) is -0.936. The lowest BCUT2D eigenvalue weighted by molar-refractivity contribution is -0.139. The smallest absolute Gasteiger partial charge is 0.408 e. The molecule has 3 rings (SSSR count). The number of alkyl carbamates (subject to hydrolysis) is 1. The maximum atomic E-state index is 13.5. The average molecular weight is 553 g/mol. The van der Waals surface area contributed by atoms with Gasteiger partial charge in [0.1, 0.15) is 23.4 Å². The van der Waals surface area contributed by atoms with E-state index < -0.39 is 62.7 Å². The summed E-state index contributed by atoms with van der Waals surface area (Å²) in [6, 6.07) is -1.78. The van der Waals surface area contributed by atoms with E-state index in [9.17, 15) is 27.6 Å². The number of carbonyl (C=O) groups is 4. The predicted molar refractivity (Wildman–Crippen MR) is 142 cm³/mol. The molecule has 2 fully saturated rings. The molecule has 212 valence electrons. The topological polar surface area (TPSA) is 151 Å². The van der Waals surface area contributed by atoms with Gasteiger partial charge >= 0.3 is 6.09 Å². The predicted octanol–water partition coefficient (Wildman–Crippen LogP) is 2.60. The largest absolute Gasteiger partial charge is 0.444 e. The maximum Gasteiger partial charge on any atom is 0.408 e. The first kappa shape index (κ1) is 29.8. The van der Waals surface area contributed by atoms with Crippen molar-refractivity contribution in [3.63, 3.8) is 0 Å². The van der Waals surface area contributed by atoms with E-state index in [1.165, 1.54) is 4.90 Å². The molecule has 1 saturated carbocycles. The molecule has 0 bridgehead atoms. The summed E-state index contributed by atoms with van der Waals surface area (Å²) in [5, 5.41) is 2.07. The molecular formula is C26H40N4O7S. The van der Waals surface area contributed by atoms with E-state index in [4.69, 9.17) is 4.74 Å². The van der Waals surface area contributed by atoms with Gasteiger partial charge in [-0.05, 0) is 65.7 Å². The number of allylic oxidation sites excluding steroid dienone is 2. The monoisotopic (exact) mass is 552 g/mol. The summed E-state index contributed by atoms with van der Waals surface area (Å²) < 4.78 is 32.2. The van der Waals surface area contributed by atoms with Gasteiger partial charge < -0.3 is 15.0 Å². The van der Waals surface area contributed by atoms with Crippen molar-refractivity contribution in [1.29, 1.82) is 0 Å². The van der Waals surface area contributed by atoms with Gasteiger partial charge in [-0.1, -0.05) is 31.9 Å². The van der Waals surface area contributed by atoms with Gasteiger partial charge in [-0.15, -0.1) is 0 Å². The van der Waals surface area contributed by atoms with Crippen molar-refractivity contribution < 1.29 is 32.3 Å². The second-order valence-electron chi connectivity index (χ2n) is 11.3. The van der Waals surface area contributed by atoms with Crippen molar-refractivity contribution in [2.24, 2.45) is 10.9 Å². The normalized spacial score (nSPS) is 28.3. The standard InChI is InChI=1S/C26H40N4O7S/c1-17-11-8-6-5-7-9-12-19(27-25(34)37-26(2,3)4)24(33)30-16-10-13-20(30)22(31)28-21(17)23(32)29-38(35,36)18-14-15-18/h8,11,17-20H,5-7,9-10,12-16H2,1-4H3,(H,27,34)(H,29,32)/b11-8-,28-21+/t17-,19-,20-/m0/s1. The van der Waals surface area contributed by atoms with Crippen molar-refractivity contribution >= 4 is 39.5 Å². The Bertz CT molecular complexity index is 1090. The fraction of sp³-hybridized carbons (Fsp3) is 0.731. The highest BCUT2D eigenvalue weighted by Gasteiger charge is 2.40. The van der Waals surface area contributed by atoms with Crippen LogP contribution in [0.25, 0.3) is 0 Å². The van der Waals surface area contributed by atoms with E-state index in [2.05, 4.69) is 15.0 Å². The molecule has 2 aliphatic heterocycles. The van der Waals surface area contributed by atoms with Crippen molar-refractivity contribution in [1.82, 2.24) is 14.9 Å². The minimum Gasteiger partial charge on any atom is -0.444 e. The number of carbonyl (C=O) groups excluding carboxylic acids is 4. The number of aliphatic imine (C=N–C) groups is 1. The van der Waals surface area contributed by atoms with E-state index in [0.29, 0.717) is 51.5 Å². The minimum absolute atomic E-state index is 0.201. The van der Waals surface area contributed by atoms with Gasteiger partial charge in [-0.3, -0.25) is 14.4 Å². The molecule has 3 atom stereocenters. The Morgan fingerprint density at radius 3 is 2.42 bits per heavy atom. The zero-order valence-corrected chi connectivity index (χ0v) is 23.5. The molecule has 0 radical (unpaired) electrons. The van der Waals surface area contributed by atoms with Crippen LogP contribution in [0.3, 0.4) is 0 Å². The highest BCUT2D eigenvalue weighted by Crippen LogP contribution is 2.27. The molecule has 0 spiro atoms. The van der Waals surface area contributed by atoms with Gasteiger partial charge in [-0.2, -0.15) is 0 Å². The minimum atomic E-state index is -3.83. The SMILES string of the molecule is C[C@H]1/C=C\CCCCC[C@H](NC(=O)OC(C)(C)C)C(=O)N2CCC[C@H]2C(=O)/N=C\1C(=O)NS(=O)(=O)C1CC1. The van der Waals surface area contributed by atoms with Crippen LogP contribution in [-0.4, -0.2) is 72.3 Å². The Morgan fingerprint density at radius 2 is 1.76 bits per heavy atom. The van der Waals surface area contributed by atoms with Crippen molar-refractivity contribution in [2.45, 2.75) is 108 Å². The third-order valence-corrected chi connectivity index (χ3v) is 8.51. The summed E-state index contributed by atoms with van der Waals surface area (Å²) in [6.45, 7) is 7.19. The molecule has 4 amide bonds. The van der Waals surface area contributed by atoms with Crippen LogP contribution in [0.15, 0.2) is 17.1 Å². The van der Waals surface area contributed by atoms with Crippen LogP contribution >= 0.6 is 0 Å². The Kier molecular flexibility index (Phi) is 9.72. The summed E-state index contributed by atoms with van der Waals surface area (Å²) in [7, 11) is -3.83. The molecule has 2 heterocycles. The molecule has 0 aromatic rings. The van der Waals surface area contributed by atoms with Crippen LogP contribution in [0.4, 0.5) is 4.79 Å². The molecule has 1 aliphatic carbocycles. The molecule has 38 heavy (non-hydrogen) atoms. The fourth-order valence-corrected chi connectivity index (χ4v) is 5.86. The number of hydrogen-bond donors (Lipinski definition) is 2. The highest BCUT2D eigenvalue weighted by molar-refractivity contribution is 7.91. The van der Waals surface area contributed by atoms with Crippen molar-refractivity contribution in [3.8, 4) is 0 Å². The Hall–Kier alpha value is -2.76. The lowest BCUT2D eigenvalue weighted by Crippen LogP contribution is -2.52. The third-order valence-electron chi connectivity index (χ3n) is 6.69. The molecule has 3 aliphatic rings. The van der Waals surface area contributed by atoms with Crippen LogP contribution in [0, 0.1) is 5.92 Å². The Balaban J connectivity index is 1.88. The zero-order chi connectivity index (χ0) is 28.1. The van der Waals surface area contributed by atoms with Gasteiger partial charge in [-0.25, -0.2) is 22.9 Å². The van der Waals surface area contributed by atoms with Crippen LogP contribution in [0.1, 0.15) is 85.5 Å². The summed E-state index contributed by atoms with van der Waals surface area (Å²) in [5.74, 6) is -2.61. The van der Waals surface area contributed by atoms with E-state index in [0.717, 1.165) is 12.8 Å². The third kappa shape index (κ3) is 8.37. The molecule has 0 unspecified atom stereocenters. The summed E-state index contributed by atoms with van der Waals surface area (Å²) >= 11 is 0. The maximum absolute atomic E-state index is 13.5. The number of rotatable bonds is 4. The molecule has 0 aromatic carbocycles. The number of hydrogen-bond acceptors (Lipinski definition) is 7. The first-order valence-corrected chi connectivity index (χ1v) is 15.0. The lowest BCUT2D eigenvalue weighted by atomic mass is 10.0. The first-order chi connectivity index (χ1) is 17.8. The van der Waals surface area contributed by atoms with Gasteiger partial charge in [0.05, 0.1) is 5.25 Å². The van der Waals surface area contributed by atoms with E-state index in [-0.39, 0.29) is 5.71 Å². The van der Waals surface area contributed by atoms with Crippen LogP contribution < -0.4 is 10.0 Å². The van der Waals surface area contributed by atoms with E-state index >= 15 is 0 Å². The van der Waals surface area contributed by atoms with Gasteiger partial charge in [0.15, 0.2) is 0 Å². The summed E-state index contributed by atoms with van der Waals surface area (Å²) in [6.07, 6.45) is 8.21. The average Bonchev–Trinajstić information content (AvgIpc) is 3.56. The molecule has 11 nitrogen and oxygen atoms in total. The summed E-state index contributed by atoms with van der Waals surface area (Å²) in [4.78, 5) is 57.8. The molecule has 1 saturated heterocycles. The van der Waals surface area contributed by atoms with E-state index in [1.54, 1.807) is 33.8 Å². The Morgan fingerprint density at radius 1 is 1.05 bits per heavy atom. The van der Waals surface area contributed by atoms with Gasteiger partial charge in [0.2, 0.25) is 15.9 Å². The number of fused-ring (bicyclic) bond motifs is 1. The van der Waals surface area contributed by atoms with Gasteiger partial charge in [0, 0.05) is 12.5 Å². The number of ether oxygens (including phenoxy) is 1. The highest BCUT2D eigenvalue weighted by atomic mass is 32.2. The number of nitrogens with zero attached hydrogens (tertiary/aromatic N) is 2. The van der Waals surface area contributed by atoms with Gasteiger partial charge in [0.25, 0.3) is 11.8 Å². The second-order valence-corrected chi connectivity index (χ2v) is 13.2. The molecule has 12 heteroatoms. The second kappa shape index (κ2) is 12.4. The number of nitrogens with one attached hydrogen (secondary N) is 2. The molecule has 0 aromatic heterocycles. The lowest BCUT2D eigenvalue weighted by Gasteiger charge is -2.29. The van der Waals surface area contributed by atoms with E-state index in [1.807, 2.05) is 6.08 Å². The molecular weight excluding hydrogens is 512 g/mol. The van der Waals surface area contributed by atoms with Crippen molar-refractivity contribution in [3.05, 3.63) is 12.2 Å². The Labute approximate surface area is 224 Å². The van der Waals surface area contributed by atoms with Crippen molar-refractivity contribution in [2.75, 3.05) is 6.54 Å². The first-order valence-electron chi connectivity index (χ1n) is 13.4. The number of sulfonamides is 1. The number of amides is 4. The zero-order valence-electron chi connectivity index (χ0n) is 22.7. The quantitative estimate of drug-likeness (QED) is 0.509.